The average Bonchev–Trinajstić information content (AvgIpc) is 2.47. The average molecular weight is 183 g/mol. The van der Waals surface area contributed by atoms with Crippen molar-refractivity contribution in [3.05, 3.63) is 0 Å². The van der Waals surface area contributed by atoms with Gasteiger partial charge in [-0.3, -0.25) is 0 Å². The Morgan fingerprint density at radius 3 is 2.69 bits per heavy atom. The number of likely N-dealkylation sites (N-methyl/N-ethyl adjacent to an activating group) is 1. The number of nitrogens with zero attached hydrogens (tertiary/aromatic N) is 2. The van der Waals surface area contributed by atoms with Crippen LogP contribution >= 0.6 is 0 Å². The highest BCUT2D eigenvalue weighted by Crippen LogP contribution is 2.30. The van der Waals surface area contributed by atoms with Crippen molar-refractivity contribution in [2.24, 2.45) is 4.99 Å². The van der Waals surface area contributed by atoms with Gasteiger partial charge in [-0.2, -0.15) is 0 Å². The Kier molecular flexibility index (Phi) is 2.15. The molecule has 2 aliphatic rings. The monoisotopic (exact) mass is 183 g/mol. The number of hydrogen-bond donors (Lipinski definition) is 1. The van der Waals surface area contributed by atoms with Crippen molar-refractivity contribution in [2.75, 3.05) is 33.8 Å². The van der Waals surface area contributed by atoms with Gasteiger partial charge < -0.3 is 15.0 Å². The van der Waals surface area contributed by atoms with Gasteiger partial charge in [0, 0.05) is 14.1 Å². The van der Waals surface area contributed by atoms with E-state index in [9.17, 15) is 0 Å². The largest absolute Gasteiger partial charge is 0.463 e. The maximum absolute atomic E-state index is 5.56. The molecule has 0 saturated carbocycles. The van der Waals surface area contributed by atoms with Gasteiger partial charge in [-0.05, 0) is 25.9 Å². The Bertz CT molecular complexity index is 221. The summed E-state index contributed by atoms with van der Waals surface area (Å²) in [6.07, 6.45) is 2.31. The van der Waals surface area contributed by atoms with Gasteiger partial charge in [0.25, 0.3) is 6.02 Å². The third-order valence-corrected chi connectivity index (χ3v) is 3.19. The second kappa shape index (κ2) is 3.18. The van der Waals surface area contributed by atoms with Crippen molar-refractivity contribution < 1.29 is 4.74 Å². The number of rotatable bonds is 0. The first-order valence-electron chi connectivity index (χ1n) is 4.83. The minimum absolute atomic E-state index is 0.222. The minimum Gasteiger partial charge on any atom is -0.463 e. The molecule has 0 atom stereocenters. The van der Waals surface area contributed by atoms with Crippen molar-refractivity contribution in [3.63, 3.8) is 0 Å². The molecule has 0 aromatic heterocycles. The van der Waals surface area contributed by atoms with Gasteiger partial charge in [-0.1, -0.05) is 0 Å². The Morgan fingerprint density at radius 2 is 2.15 bits per heavy atom. The van der Waals surface area contributed by atoms with Crippen LogP contribution in [0.5, 0.6) is 0 Å². The van der Waals surface area contributed by atoms with Gasteiger partial charge in [0.2, 0.25) is 0 Å². The fourth-order valence-corrected chi connectivity index (χ4v) is 2.18. The molecular weight excluding hydrogens is 166 g/mol. The molecule has 0 radical (unpaired) electrons. The smallest absolute Gasteiger partial charge is 0.287 e. The Balaban J connectivity index is 2.15. The first-order valence-corrected chi connectivity index (χ1v) is 4.83. The fourth-order valence-electron chi connectivity index (χ4n) is 2.18. The summed E-state index contributed by atoms with van der Waals surface area (Å²) in [5.74, 6) is 0. The molecule has 1 N–H and O–H groups in total. The van der Waals surface area contributed by atoms with Gasteiger partial charge in [0.1, 0.15) is 6.61 Å². The van der Waals surface area contributed by atoms with Crippen LogP contribution in [0.3, 0.4) is 0 Å². The van der Waals surface area contributed by atoms with Crippen LogP contribution in [0.4, 0.5) is 0 Å². The van der Waals surface area contributed by atoms with Crippen molar-refractivity contribution in [3.8, 4) is 0 Å². The third kappa shape index (κ3) is 1.29. The van der Waals surface area contributed by atoms with Crippen LogP contribution < -0.4 is 5.32 Å². The molecule has 0 aliphatic carbocycles. The van der Waals surface area contributed by atoms with E-state index in [0.717, 1.165) is 38.6 Å². The first-order chi connectivity index (χ1) is 6.28. The first kappa shape index (κ1) is 8.81. The quantitative estimate of drug-likeness (QED) is 0.577. The molecule has 2 heterocycles. The zero-order valence-electron chi connectivity index (χ0n) is 8.34. The van der Waals surface area contributed by atoms with E-state index in [1.807, 2.05) is 0 Å². The van der Waals surface area contributed by atoms with E-state index < -0.39 is 0 Å². The summed E-state index contributed by atoms with van der Waals surface area (Å²) in [6.45, 7) is 2.98. The summed E-state index contributed by atoms with van der Waals surface area (Å²) < 4.78 is 5.56. The topological polar surface area (TPSA) is 36.9 Å². The maximum Gasteiger partial charge on any atom is 0.287 e. The summed E-state index contributed by atoms with van der Waals surface area (Å²) in [5, 5.41) is 3.37. The molecule has 1 spiro atoms. The molecule has 74 valence electrons. The van der Waals surface area contributed by atoms with Crippen molar-refractivity contribution >= 4 is 6.02 Å². The summed E-state index contributed by atoms with van der Waals surface area (Å²) >= 11 is 0. The van der Waals surface area contributed by atoms with Crippen LogP contribution in [0.15, 0.2) is 4.99 Å². The molecule has 2 rings (SSSR count). The number of hydrogen-bond acceptors (Lipinski definition) is 3. The van der Waals surface area contributed by atoms with Gasteiger partial charge in [-0.15, -0.1) is 0 Å². The number of nitrogens with one attached hydrogen (secondary N) is 1. The Labute approximate surface area is 79.0 Å². The van der Waals surface area contributed by atoms with Crippen molar-refractivity contribution in [2.45, 2.75) is 18.4 Å². The maximum atomic E-state index is 5.56. The van der Waals surface area contributed by atoms with E-state index in [-0.39, 0.29) is 5.54 Å². The summed E-state index contributed by atoms with van der Waals surface area (Å²) in [5.41, 5.74) is 0.222. The number of piperidine rings is 1. The molecule has 4 nitrogen and oxygen atoms in total. The summed E-state index contributed by atoms with van der Waals surface area (Å²) in [7, 11) is 3.87. The Hall–Kier alpha value is -0.770. The molecule has 0 unspecified atom stereocenters. The molecule has 0 aromatic rings. The molecular formula is C9H17N3O. The van der Waals surface area contributed by atoms with E-state index in [0.29, 0.717) is 0 Å². The predicted octanol–water partition coefficient (Wildman–Crippen LogP) is 0.0564. The van der Waals surface area contributed by atoms with Gasteiger partial charge in [0.15, 0.2) is 0 Å². The van der Waals surface area contributed by atoms with Crippen LogP contribution in [-0.2, 0) is 4.74 Å². The van der Waals surface area contributed by atoms with E-state index in [2.05, 4.69) is 22.3 Å². The summed E-state index contributed by atoms with van der Waals surface area (Å²) in [4.78, 5) is 6.32. The van der Waals surface area contributed by atoms with E-state index in [1.54, 1.807) is 7.05 Å². The van der Waals surface area contributed by atoms with Gasteiger partial charge in [-0.25, -0.2) is 4.99 Å². The number of aliphatic imine (C=N–C) groups is 1. The molecule has 4 heteroatoms. The highest BCUT2D eigenvalue weighted by molar-refractivity contribution is 5.76. The highest BCUT2D eigenvalue weighted by Gasteiger charge is 2.44. The molecule has 2 fully saturated rings. The van der Waals surface area contributed by atoms with Crippen LogP contribution in [-0.4, -0.2) is 50.3 Å². The van der Waals surface area contributed by atoms with Crippen LogP contribution in [0.25, 0.3) is 0 Å². The minimum atomic E-state index is 0.222. The molecule has 0 bridgehead atoms. The lowest BCUT2D eigenvalue weighted by atomic mass is 9.89. The van der Waals surface area contributed by atoms with Crippen LogP contribution in [0, 0.1) is 0 Å². The lowest BCUT2D eigenvalue weighted by molar-refractivity contribution is 0.153. The number of amidine groups is 1. The van der Waals surface area contributed by atoms with Gasteiger partial charge >= 0.3 is 0 Å². The normalized spacial score (nSPS) is 29.7. The lowest BCUT2D eigenvalue weighted by Crippen LogP contribution is -2.52. The standard InChI is InChI=1S/C9H17N3O/c1-10-8-12(2)9(7-13-8)3-5-11-6-4-9/h11H,3-7H2,1-2H3. The van der Waals surface area contributed by atoms with E-state index in [4.69, 9.17) is 4.74 Å². The predicted molar refractivity (Wildman–Crippen MR) is 51.9 cm³/mol. The summed E-state index contributed by atoms with van der Waals surface area (Å²) in [6, 6.07) is 0.793. The Morgan fingerprint density at radius 1 is 1.46 bits per heavy atom. The zero-order valence-corrected chi connectivity index (χ0v) is 8.34. The third-order valence-electron chi connectivity index (χ3n) is 3.19. The van der Waals surface area contributed by atoms with Gasteiger partial charge in [0.05, 0.1) is 5.54 Å². The molecule has 13 heavy (non-hydrogen) atoms. The highest BCUT2D eigenvalue weighted by atomic mass is 16.5. The molecule has 0 amide bonds. The van der Waals surface area contributed by atoms with Crippen LogP contribution in [0.1, 0.15) is 12.8 Å². The molecule has 2 saturated heterocycles. The van der Waals surface area contributed by atoms with E-state index in [1.165, 1.54) is 0 Å². The van der Waals surface area contributed by atoms with Crippen LogP contribution in [0.2, 0.25) is 0 Å². The lowest BCUT2D eigenvalue weighted by Gasteiger charge is -2.37. The molecule has 0 aromatic carbocycles. The fraction of sp³-hybridized carbons (Fsp3) is 0.889. The van der Waals surface area contributed by atoms with E-state index >= 15 is 0 Å². The zero-order chi connectivity index (χ0) is 9.31. The van der Waals surface area contributed by atoms with Crippen molar-refractivity contribution in [1.82, 2.24) is 10.2 Å². The molecule has 2 aliphatic heterocycles. The second-order valence-corrected chi connectivity index (χ2v) is 3.83. The SMILES string of the molecule is CN=C1OCC2(CCNCC2)N1C. The second-order valence-electron chi connectivity index (χ2n) is 3.83. The number of ether oxygens (including phenoxy) is 1. The van der Waals surface area contributed by atoms with Crippen molar-refractivity contribution in [1.29, 1.82) is 0 Å².